The molecular weight excluding hydrogens is 238 g/mol. The summed E-state index contributed by atoms with van der Waals surface area (Å²) >= 11 is 0. The Morgan fingerprint density at radius 2 is 2.17 bits per heavy atom. The van der Waals surface area contributed by atoms with Crippen molar-refractivity contribution in [2.45, 2.75) is 20.4 Å². The summed E-state index contributed by atoms with van der Waals surface area (Å²) < 4.78 is 1.14. The van der Waals surface area contributed by atoms with E-state index in [1.807, 2.05) is 0 Å². The maximum Gasteiger partial charge on any atom is 0.347 e. The number of nitrogens with zero attached hydrogens (tertiary/aromatic N) is 2. The third-order valence-corrected chi connectivity index (χ3v) is 2.40. The van der Waals surface area contributed by atoms with Crippen LogP contribution in [0.1, 0.15) is 13.8 Å². The minimum atomic E-state index is -1.05. The van der Waals surface area contributed by atoms with Crippen molar-refractivity contribution < 1.29 is 14.7 Å². The van der Waals surface area contributed by atoms with Gasteiger partial charge in [-0.05, 0) is 19.9 Å². The van der Waals surface area contributed by atoms with E-state index in [0.717, 1.165) is 4.57 Å². The second-order valence-electron chi connectivity index (χ2n) is 4.50. The molecule has 0 aliphatic carbocycles. The fourth-order valence-corrected chi connectivity index (χ4v) is 1.11. The van der Waals surface area contributed by atoms with Crippen LogP contribution in [0.4, 0.5) is 0 Å². The van der Waals surface area contributed by atoms with Gasteiger partial charge in [-0.25, -0.2) is 9.78 Å². The molecule has 0 saturated carbocycles. The first kappa shape index (κ1) is 13.9. The Morgan fingerprint density at radius 3 is 2.72 bits per heavy atom. The Balaban J connectivity index is 2.56. The topological polar surface area (TPSA) is 101 Å². The van der Waals surface area contributed by atoms with Gasteiger partial charge < -0.3 is 10.4 Å². The van der Waals surface area contributed by atoms with E-state index in [0.29, 0.717) is 0 Å². The zero-order chi connectivity index (χ0) is 13.8. The van der Waals surface area contributed by atoms with Crippen LogP contribution in [0.15, 0.2) is 23.3 Å². The first-order chi connectivity index (χ1) is 8.33. The summed E-state index contributed by atoms with van der Waals surface area (Å²) in [5.41, 5.74) is -1.57. The molecule has 7 heteroatoms. The predicted molar refractivity (Wildman–Crippen MR) is 62.9 cm³/mol. The molecule has 0 radical (unpaired) electrons. The fraction of sp³-hybridized carbons (Fsp3) is 0.455. The number of carboxylic acid groups (broad SMARTS) is 1. The summed E-state index contributed by atoms with van der Waals surface area (Å²) in [6, 6.07) is 1.54. The van der Waals surface area contributed by atoms with Gasteiger partial charge in [0.1, 0.15) is 6.54 Å². The SMILES string of the molecule is CC(C)(CNC(=O)Cn1cccnc1=O)C(=O)O. The predicted octanol–water partition coefficient (Wildman–Crippen LogP) is -0.530. The van der Waals surface area contributed by atoms with Gasteiger partial charge in [-0.1, -0.05) is 0 Å². The monoisotopic (exact) mass is 253 g/mol. The zero-order valence-electron chi connectivity index (χ0n) is 10.2. The van der Waals surface area contributed by atoms with E-state index >= 15 is 0 Å². The molecule has 0 aliphatic rings. The Morgan fingerprint density at radius 1 is 1.50 bits per heavy atom. The van der Waals surface area contributed by atoms with Gasteiger partial charge in [0.15, 0.2) is 0 Å². The molecule has 7 nitrogen and oxygen atoms in total. The van der Waals surface area contributed by atoms with E-state index < -0.39 is 23.0 Å². The Labute approximate surface area is 103 Å². The van der Waals surface area contributed by atoms with E-state index in [4.69, 9.17) is 5.11 Å². The molecule has 0 spiro atoms. The molecule has 1 amide bonds. The van der Waals surface area contributed by atoms with Gasteiger partial charge in [-0.2, -0.15) is 0 Å². The van der Waals surface area contributed by atoms with Crippen molar-refractivity contribution in [1.29, 1.82) is 0 Å². The number of hydrogen-bond acceptors (Lipinski definition) is 4. The standard InChI is InChI=1S/C11H15N3O4/c1-11(2,9(16)17)7-13-8(15)6-14-5-3-4-12-10(14)18/h3-5H,6-7H2,1-2H3,(H,13,15)(H,16,17). The lowest BCUT2D eigenvalue weighted by Gasteiger charge is -2.19. The highest BCUT2D eigenvalue weighted by atomic mass is 16.4. The molecule has 0 unspecified atom stereocenters. The smallest absolute Gasteiger partial charge is 0.347 e. The van der Waals surface area contributed by atoms with E-state index in [1.165, 1.54) is 32.3 Å². The summed E-state index contributed by atoms with van der Waals surface area (Å²) in [4.78, 5) is 37.1. The maximum absolute atomic E-state index is 11.5. The van der Waals surface area contributed by atoms with E-state index in [-0.39, 0.29) is 13.1 Å². The quantitative estimate of drug-likeness (QED) is 0.734. The van der Waals surface area contributed by atoms with E-state index in [9.17, 15) is 14.4 Å². The van der Waals surface area contributed by atoms with Crippen LogP contribution in [0.25, 0.3) is 0 Å². The van der Waals surface area contributed by atoms with Crippen LogP contribution in [-0.2, 0) is 16.1 Å². The average Bonchev–Trinajstić information content (AvgIpc) is 2.29. The molecule has 18 heavy (non-hydrogen) atoms. The Hall–Kier alpha value is -2.18. The van der Waals surface area contributed by atoms with Gasteiger partial charge in [0.05, 0.1) is 5.41 Å². The summed E-state index contributed by atoms with van der Waals surface area (Å²) in [5, 5.41) is 11.3. The minimum Gasteiger partial charge on any atom is -0.481 e. The zero-order valence-corrected chi connectivity index (χ0v) is 10.2. The van der Waals surface area contributed by atoms with Crippen molar-refractivity contribution in [2.24, 2.45) is 5.41 Å². The minimum absolute atomic E-state index is 0.00379. The summed E-state index contributed by atoms with van der Waals surface area (Å²) in [6.45, 7) is 2.83. The molecule has 0 fully saturated rings. The maximum atomic E-state index is 11.5. The van der Waals surface area contributed by atoms with Crippen LogP contribution in [0.5, 0.6) is 0 Å². The van der Waals surface area contributed by atoms with Crippen LogP contribution in [0.2, 0.25) is 0 Å². The third-order valence-electron chi connectivity index (χ3n) is 2.40. The van der Waals surface area contributed by atoms with Crippen LogP contribution in [-0.4, -0.2) is 33.1 Å². The number of carbonyl (C=O) groups excluding carboxylic acids is 1. The molecule has 2 N–H and O–H groups in total. The van der Waals surface area contributed by atoms with Crippen molar-refractivity contribution in [3.05, 3.63) is 28.9 Å². The molecule has 1 rings (SSSR count). The molecule has 0 bridgehead atoms. The summed E-state index contributed by atoms with van der Waals surface area (Å²) in [5.74, 6) is -1.43. The van der Waals surface area contributed by atoms with Crippen LogP contribution in [0.3, 0.4) is 0 Å². The fourth-order valence-electron chi connectivity index (χ4n) is 1.11. The average molecular weight is 253 g/mol. The number of amides is 1. The molecule has 1 heterocycles. The van der Waals surface area contributed by atoms with Gasteiger partial charge >= 0.3 is 11.7 Å². The molecule has 98 valence electrons. The Kier molecular flexibility index (Phi) is 4.19. The first-order valence-electron chi connectivity index (χ1n) is 5.34. The van der Waals surface area contributed by atoms with Gasteiger partial charge in [-0.15, -0.1) is 0 Å². The second kappa shape index (κ2) is 5.44. The van der Waals surface area contributed by atoms with Crippen molar-refractivity contribution in [2.75, 3.05) is 6.54 Å². The molecule has 0 atom stereocenters. The van der Waals surface area contributed by atoms with Crippen molar-refractivity contribution in [1.82, 2.24) is 14.9 Å². The largest absolute Gasteiger partial charge is 0.481 e. The summed E-state index contributed by atoms with van der Waals surface area (Å²) in [6.07, 6.45) is 2.78. The number of hydrogen-bond donors (Lipinski definition) is 2. The van der Waals surface area contributed by atoms with Crippen LogP contribution >= 0.6 is 0 Å². The first-order valence-corrected chi connectivity index (χ1v) is 5.34. The van der Waals surface area contributed by atoms with Gasteiger partial charge in [0, 0.05) is 18.9 Å². The number of aromatic nitrogens is 2. The molecule has 0 aliphatic heterocycles. The lowest BCUT2D eigenvalue weighted by Crippen LogP contribution is -2.41. The Bertz CT molecular complexity index is 507. The molecule has 0 aromatic carbocycles. The van der Waals surface area contributed by atoms with Crippen molar-refractivity contribution in [3.63, 3.8) is 0 Å². The van der Waals surface area contributed by atoms with E-state index in [1.54, 1.807) is 0 Å². The van der Waals surface area contributed by atoms with Gasteiger partial charge in [0.25, 0.3) is 0 Å². The van der Waals surface area contributed by atoms with E-state index in [2.05, 4.69) is 10.3 Å². The molecule has 1 aromatic rings. The van der Waals surface area contributed by atoms with Crippen LogP contribution in [0, 0.1) is 5.41 Å². The number of carbonyl (C=O) groups is 2. The highest BCUT2D eigenvalue weighted by molar-refractivity contribution is 5.78. The number of rotatable bonds is 5. The second-order valence-corrected chi connectivity index (χ2v) is 4.50. The number of carboxylic acids is 1. The van der Waals surface area contributed by atoms with Gasteiger partial charge in [-0.3, -0.25) is 14.2 Å². The third kappa shape index (κ3) is 3.69. The molecular formula is C11H15N3O4. The molecule has 1 aromatic heterocycles. The van der Waals surface area contributed by atoms with Crippen molar-refractivity contribution >= 4 is 11.9 Å². The number of nitrogens with one attached hydrogen (secondary N) is 1. The van der Waals surface area contributed by atoms with Gasteiger partial charge in [0.2, 0.25) is 5.91 Å². The highest BCUT2D eigenvalue weighted by Crippen LogP contribution is 2.12. The summed E-state index contributed by atoms with van der Waals surface area (Å²) in [7, 11) is 0. The lowest BCUT2D eigenvalue weighted by atomic mass is 9.94. The lowest BCUT2D eigenvalue weighted by molar-refractivity contribution is -0.146. The molecule has 0 saturated heterocycles. The normalized spacial score (nSPS) is 11.0. The highest BCUT2D eigenvalue weighted by Gasteiger charge is 2.27. The van der Waals surface area contributed by atoms with Crippen molar-refractivity contribution in [3.8, 4) is 0 Å². The van der Waals surface area contributed by atoms with Crippen LogP contribution < -0.4 is 11.0 Å². The number of aliphatic carboxylic acids is 1.